The number of nitrogens with two attached hydrogens (primary N) is 1. The van der Waals surface area contributed by atoms with Crippen LogP contribution in [-0.4, -0.2) is 23.4 Å². The molecule has 1 aliphatic rings. The van der Waals surface area contributed by atoms with Crippen molar-refractivity contribution in [1.29, 1.82) is 0 Å². The molecule has 6 heteroatoms. The fraction of sp³-hybridized carbons (Fsp3) is 0.286. The summed E-state index contributed by atoms with van der Waals surface area (Å²) in [5, 5.41) is 4.96. The van der Waals surface area contributed by atoms with Gasteiger partial charge in [0, 0.05) is 12.0 Å². The van der Waals surface area contributed by atoms with Crippen LogP contribution in [0.5, 0.6) is 0 Å². The first-order chi connectivity index (χ1) is 9.74. The molecule has 2 N–H and O–H groups in total. The van der Waals surface area contributed by atoms with Gasteiger partial charge in [-0.25, -0.2) is 0 Å². The van der Waals surface area contributed by atoms with Gasteiger partial charge in [0.1, 0.15) is 11.1 Å². The van der Waals surface area contributed by atoms with E-state index in [1.165, 1.54) is 0 Å². The van der Waals surface area contributed by atoms with Crippen molar-refractivity contribution in [1.82, 2.24) is 10.1 Å². The van der Waals surface area contributed by atoms with Crippen molar-refractivity contribution >= 4 is 11.0 Å². The molecular formula is C14H13N3O3. The van der Waals surface area contributed by atoms with E-state index in [9.17, 15) is 0 Å². The summed E-state index contributed by atoms with van der Waals surface area (Å²) in [6.07, 6.45) is 0.675. The monoisotopic (exact) mass is 271 g/mol. The van der Waals surface area contributed by atoms with Gasteiger partial charge in [-0.15, -0.1) is 0 Å². The summed E-state index contributed by atoms with van der Waals surface area (Å²) in [5.41, 5.74) is 6.30. The molecule has 1 fully saturated rings. The van der Waals surface area contributed by atoms with E-state index in [-0.39, 0.29) is 0 Å². The lowest BCUT2D eigenvalue weighted by molar-refractivity contribution is 0.166. The Hall–Kier alpha value is -2.18. The van der Waals surface area contributed by atoms with Crippen LogP contribution >= 0.6 is 0 Å². The molecule has 0 spiro atoms. The lowest BCUT2D eigenvalue weighted by atomic mass is 10.0. The van der Waals surface area contributed by atoms with Gasteiger partial charge in [-0.05, 0) is 18.6 Å². The number of ether oxygens (including phenoxy) is 1. The molecule has 0 radical (unpaired) electrons. The number of hydrogen-bond acceptors (Lipinski definition) is 6. The molecule has 3 heterocycles. The predicted molar refractivity (Wildman–Crippen MR) is 70.8 cm³/mol. The summed E-state index contributed by atoms with van der Waals surface area (Å²) in [7, 11) is 0. The number of benzene rings is 1. The Kier molecular flexibility index (Phi) is 2.42. The molecule has 2 aromatic heterocycles. The molecule has 1 saturated heterocycles. The van der Waals surface area contributed by atoms with Crippen LogP contribution < -0.4 is 5.73 Å². The number of para-hydroxylation sites is 1. The van der Waals surface area contributed by atoms with E-state index >= 15 is 0 Å². The van der Waals surface area contributed by atoms with E-state index in [4.69, 9.17) is 19.4 Å². The predicted octanol–water partition coefficient (Wildman–Crippen LogP) is 2.06. The minimum absolute atomic E-state index is 0.394. The van der Waals surface area contributed by atoms with E-state index in [0.29, 0.717) is 37.1 Å². The standard InChI is InChI=1S/C14H13N3O3/c15-14(5-6-18-8-14)13-16-12(17-20-13)11-7-9-3-1-2-4-10(9)19-11/h1-4,7H,5-6,8,15H2. The molecule has 102 valence electrons. The first-order valence-corrected chi connectivity index (χ1v) is 6.44. The molecule has 1 unspecified atom stereocenters. The Balaban J connectivity index is 1.74. The molecule has 4 rings (SSSR count). The molecule has 20 heavy (non-hydrogen) atoms. The van der Waals surface area contributed by atoms with Crippen molar-refractivity contribution in [3.8, 4) is 11.6 Å². The zero-order chi connectivity index (χ0) is 13.6. The number of furan rings is 1. The van der Waals surface area contributed by atoms with Crippen molar-refractivity contribution in [2.24, 2.45) is 5.73 Å². The normalized spacial score (nSPS) is 22.6. The van der Waals surface area contributed by atoms with E-state index in [1.54, 1.807) is 0 Å². The van der Waals surface area contributed by atoms with Crippen LogP contribution in [0, 0.1) is 0 Å². The minimum atomic E-state index is -0.683. The van der Waals surface area contributed by atoms with Crippen molar-refractivity contribution < 1.29 is 13.7 Å². The zero-order valence-corrected chi connectivity index (χ0v) is 10.7. The molecule has 1 aromatic carbocycles. The van der Waals surface area contributed by atoms with Crippen LogP contribution in [0.3, 0.4) is 0 Å². The second kappa shape index (κ2) is 4.16. The van der Waals surface area contributed by atoms with Crippen LogP contribution in [0.2, 0.25) is 0 Å². The number of aromatic nitrogens is 2. The highest BCUT2D eigenvalue weighted by Crippen LogP contribution is 2.30. The lowest BCUT2D eigenvalue weighted by Gasteiger charge is -2.14. The molecule has 1 aliphatic heterocycles. The summed E-state index contributed by atoms with van der Waals surface area (Å²) in [6, 6.07) is 9.63. The molecule has 0 bridgehead atoms. The SMILES string of the molecule is NC1(c2nc(-c3cc4ccccc4o3)no2)CCOC1. The van der Waals surface area contributed by atoms with Crippen molar-refractivity contribution in [3.63, 3.8) is 0 Å². The second-order valence-electron chi connectivity index (χ2n) is 5.03. The van der Waals surface area contributed by atoms with Gasteiger partial charge >= 0.3 is 0 Å². The van der Waals surface area contributed by atoms with Crippen molar-refractivity contribution in [2.75, 3.05) is 13.2 Å². The summed E-state index contributed by atoms with van der Waals surface area (Å²) in [5.74, 6) is 1.38. The summed E-state index contributed by atoms with van der Waals surface area (Å²) >= 11 is 0. The average Bonchev–Trinajstić information content (AvgIpc) is 3.17. The largest absolute Gasteiger partial charge is 0.453 e. The third-order valence-corrected chi connectivity index (χ3v) is 3.55. The summed E-state index contributed by atoms with van der Waals surface area (Å²) in [4.78, 5) is 4.35. The molecular weight excluding hydrogens is 258 g/mol. The highest BCUT2D eigenvalue weighted by Gasteiger charge is 2.38. The molecule has 0 saturated carbocycles. The maximum atomic E-state index is 6.20. The Morgan fingerprint density at radius 2 is 2.15 bits per heavy atom. The van der Waals surface area contributed by atoms with Gasteiger partial charge < -0.3 is 19.4 Å². The Morgan fingerprint density at radius 1 is 1.25 bits per heavy atom. The zero-order valence-electron chi connectivity index (χ0n) is 10.7. The van der Waals surface area contributed by atoms with Crippen LogP contribution in [0.15, 0.2) is 39.3 Å². The molecule has 0 aliphatic carbocycles. The summed E-state index contributed by atoms with van der Waals surface area (Å²) in [6.45, 7) is 1.01. The highest BCUT2D eigenvalue weighted by molar-refractivity contribution is 5.81. The van der Waals surface area contributed by atoms with Gasteiger partial charge in [-0.1, -0.05) is 23.4 Å². The minimum Gasteiger partial charge on any atom is -0.453 e. The lowest BCUT2D eigenvalue weighted by Crippen LogP contribution is -2.37. The smallest absolute Gasteiger partial charge is 0.249 e. The van der Waals surface area contributed by atoms with Gasteiger partial charge in [0.05, 0.1) is 6.61 Å². The van der Waals surface area contributed by atoms with E-state index in [2.05, 4.69) is 10.1 Å². The van der Waals surface area contributed by atoms with E-state index in [1.807, 2.05) is 30.3 Å². The summed E-state index contributed by atoms with van der Waals surface area (Å²) < 4.78 is 16.3. The quantitative estimate of drug-likeness (QED) is 0.767. The van der Waals surface area contributed by atoms with Crippen LogP contribution in [-0.2, 0) is 10.3 Å². The Bertz CT molecular complexity index is 723. The Morgan fingerprint density at radius 3 is 2.95 bits per heavy atom. The Labute approximate surface area is 114 Å². The molecule has 1 atom stereocenters. The fourth-order valence-electron chi connectivity index (χ4n) is 2.37. The van der Waals surface area contributed by atoms with E-state index in [0.717, 1.165) is 11.0 Å². The maximum absolute atomic E-state index is 6.20. The highest BCUT2D eigenvalue weighted by atomic mass is 16.5. The van der Waals surface area contributed by atoms with Crippen molar-refractivity contribution in [3.05, 3.63) is 36.2 Å². The third kappa shape index (κ3) is 1.73. The molecule has 6 nitrogen and oxygen atoms in total. The van der Waals surface area contributed by atoms with E-state index < -0.39 is 5.54 Å². The number of nitrogens with zero attached hydrogens (tertiary/aromatic N) is 2. The first-order valence-electron chi connectivity index (χ1n) is 6.44. The van der Waals surface area contributed by atoms with Crippen LogP contribution in [0.4, 0.5) is 0 Å². The first kappa shape index (κ1) is 11.6. The third-order valence-electron chi connectivity index (χ3n) is 3.55. The number of fused-ring (bicyclic) bond motifs is 1. The number of hydrogen-bond donors (Lipinski definition) is 1. The van der Waals surface area contributed by atoms with Gasteiger partial charge in [0.25, 0.3) is 0 Å². The second-order valence-corrected chi connectivity index (χ2v) is 5.03. The topological polar surface area (TPSA) is 87.3 Å². The van der Waals surface area contributed by atoms with Crippen LogP contribution in [0.1, 0.15) is 12.3 Å². The number of rotatable bonds is 2. The molecule has 0 amide bonds. The fourth-order valence-corrected chi connectivity index (χ4v) is 2.37. The average molecular weight is 271 g/mol. The molecule has 3 aromatic rings. The maximum Gasteiger partial charge on any atom is 0.249 e. The van der Waals surface area contributed by atoms with Gasteiger partial charge in [0.15, 0.2) is 5.76 Å². The van der Waals surface area contributed by atoms with Crippen LogP contribution in [0.25, 0.3) is 22.6 Å². The van der Waals surface area contributed by atoms with Gasteiger partial charge in [0.2, 0.25) is 11.7 Å². The van der Waals surface area contributed by atoms with Crippen molar-refractivity contribution in [2.45, 2.75) is 12.0 Å². The van der Waals surface area contributed by atoms with Gasteiger partial charge in [-0.3, -0.25) is 0 Å². The van der Waals surface area contributed by atoms with Gasteiger partial charge in [-0.2, -0.15) is 4.98 Å².